The van der Waals surface area contributed by atoms with Crippen LogP contribution in [-0.2, 0) is 13.5 Å². The first-order chi connectivity index (χ1) is 9.81. The van der Waals surface area contributed by atoms with E-state index in [9.17, 15) is 0 Å². The molecule has 3 aromatic heterocycles. The van der Waals surface area contributed by atoms with Crippen LogP contribution in [0.5, 0.6) is 0 Å². The van der Waals surface area contributed by atoms with Crippen molar-refractivity contribution in [1.82, 2.24) is 19.9 Å². The largest absolute Gasteiger partial charge is 0.381 e. The number of fused-ring (bicyclic) bond motifs is 1. The van der Waals surface area contributed by atoms with Crippen molar-refractivity contribution in [2.45, 2.75) is 12.3 Å². The molecular weight excluding hydrogens is 274 g/mol. The summed E-state index contributed by atoms with van der Waals surface area (Å²) in [6, 6.07) is 3.98. The van der Waals surface area contributed by atoms with Gasteiger partial charge in [-0.25, -0.2) is 0 Å². The summed E-state index contributed by atoms with van der Waals surface area (Å²) in [4.78, 5) is 5.56. The first-order valence-corrected chi connectivity index (χ1v) is 7.31. The molecule has 0 amide bonds. The molecule has 0 aliphatic carbocycles. The number of rotatable bonds is 2. The van der Waals surface area contributed by atoms with Crippen LogP contribution >= 0.6 is 11.3 Å². The topological polar surface area (TPSA) is 68.8 Å². The quantitative estimate of drug-likeness (QED) is 0.783. The van der Waals surface area contributed by atoms with Crippen molar-refractivity contribution in [3.05, 3.63) is 35.3 Å². The molecule has 1 unspecified atom stereocenters. The Bertz CT molecular complexity index is 730. The Morgan fingerprint density at radius 3 is 3.30 bits per heavy atom. The Kier molecular flexibility index (Phi) is 2.59. The first kappa shape index (κ1) is 11.7. The fourth-order valence-corrected chi connectivity index (χ4v) is 3.12. The van der Waals surface area contributed by atoms with Crippen LogP contribution in [0.1, 0.15) is 17.5 Å². The summed E-state index contributed by atoms with van der Waals surface area (Å²) in [5.74, 6) is 1.55. The number of thiophene rings is 1. The predicted molar refractivity (Wildman–Crippen MR) is 75.8 cm³/mol. The number of aromatic nitrogens is 4. The third kappa shape index (κ3) is 1.82. The molecule has 4 heterocycles. The van der Waals surface area contributed by atoms with Crippen molar-refractivity contribution >= 4 is 17.0 Å². The molecule has 0 fully saturated rings. The summed E-state index contributed by atoms with van der Waals surface area (Å²) in [7, 11) is 1.95. The maximum Gasteiger partial charge on any atom is 0.232 e. The predicted octanol–water partition coefficient (Wildman–Crippen LogP) is 2.28. The van der Waals surface area contributed by atoms with E-state index in [0.29, 0.717) is 11.7 Å². The molecule has 0 saturated carbocycles. The molecule has 0 spiro atoms. The van der Waals surface area contributed by atoms with Crippen molar-refractivity contribution in [2.75, 3.05) is 11.9 Å². The SMILES string of the molecule is Cn1ncc2c1CC(c1nc(-c3cccs3)no1)CN2. The minimum atomic E-state index is 0.194. The molecule has 4 rings (SSSR count). The molecular formula is C13H13N5OS. The molecule has 1 N–H and O–H groups in total. The van der Waals surface area contributed by atoms with E-state index in [1.807, 2.05) is 35.4 Å². The summed E-state index contributed by atoms with van der Waals surface area (Å²) >= 11 is 1.61. The Balaban J connectivity index is 1.62. The van der Waals surface area contributed by atoms with Crippen LogP contribution in [0.4, 0.5) is 5.69 Å². The first-order valence-electron chi connectivity index (χ1n) is 6.43. The Labute approximate surface area is 119 Å². The second-order valence-corrected chi connectivity index (χ2v) is 5.79. The van der Waals surface area contributed by atoms with Crippen molar-refractivity contribution in [3.8, 4) is 10.7 Å². The van der Waals surface area contributed by atoms with Gasteiger partial charge in [0.25, 0.3) is 0 Å². The normalized spacial score (nSPS) is 17.8. The van der Waals surface area contributed by atoms with Gasteiger partial charge in [-0.05, 0) is 11.4 Å². The van der Waals surface area contributed by atoms with Crippen molar-refractivity contribution < 1.29 is 4.52 Å². The summed E-state index contributed by atoms with van der Waals surface area (Å²) in [6.07, 6.45) is 2.72. The molecule has 0 radical (unpaired) electrons. The monoisotopic (exact) mass is 287 g/mol. The highest BCUT2D eigenvalue weighted by Gasteiger charge is 2.27. The van der Waals surface area contributed by atoms with Crippen LogP contribution in [0, 0.1) is 0 Å². The van der Waals surface area contributed by atoms with Gasteiger partial charge >= 0.3 is 0 Å². The van der Waals surface area contributed by atoms with E-state index >= 15 is 0 Å². The van der Waals surface area contributed by atoms with Gasteiger partial charge < -0.3 is 9.84 Å². The van der Waals surface area contributed by atoms with Crippen molar-refractivity contribution in [3.63, 3.8) is 0 Å². The standard InChI is InChI=1S/C13H13N5OS/c1-18-10-5-8(6-14-9(10)7-15-18)13-16-12(17-19-13)11-3-2-4-20-11/h2-4,7-8,14H,5-6H2,1H3. The second kappa shape index (κ2) is 4.45. The number of hydrogen-bond donors (Lipinski definition) is 1. The van der Waals surface area contributed by atoms with Crippen LogP contribution in [-0.4, -0.2) is 26.5 Å². The van der Waals surface area contributed by atoms with E-state index in [2.05, 4.69) is 20.6 Å². The fraction of sp³-hybridized carbons (Fsp3) is 0.308. The number of hydrogen-bond acceptors (Lipinski definition) is 6. The zero-order valence-electron chi connectivity index (χ0n) is 10.9. The van der Waals surface area contributed by atoms with Gasteiger partial charge in [-0.15, -0.1) is 11.3 Å². The minimum absolute atomic E-state index is 0.194. The van der Waals surface area contributed by atoms with E-state index in [0.717, 1.165) is 23.5 Å². The molecule has 0 saturated heterocycles. The zero-order chi connectivity index (χ0) is 13.5. The van der Waals surface area contributed by atoms with E-state index in [-0.39, 0.29) is 5.92 Å². The van der Waals surface area contributed by atoms with Gasteiger partial charge in [0.2, 0.25) is 11.7 Å². The molecule has 20 heavy (non-hydrogen) atoms. The smallest absolute Gasteiger partial charge is 0.232 e. The summed E-state index contributed by atoms with van der Waals surface area (Å²) in [5.41, 5.74) is 2.28. The lowest BCUT2D eigenvalue weighted by molar-refractivity contribution is 0.352. The van der Waals surface area contributed by atoms with E-state index < -0.39 is 0 Å². The minimum Gasteiger partial charge on any atom is -0.381 e. The van der Waals surface area contributed by atoms with Crippen LogP contribution < -0.4 is 5.32 Å². The summed E-state index contributed by atoms with van der Waals surface area (Å²) in [5, 5.41) is 13.7. The fourth-order valence-electron chi connectivity index (χ4n) is 2.47. The van der Waals surface area contributed by atoms with Gasteiger partial charge in [-0.1, -0.05) is 11.2 Å². The highest BCUT2D eigenvalue weighted by atomic mass is 32.1. The molecule has 1 atom stereocenters. The maximum absolute atomic E-state index is 5.44. The highest BCUT2D eigenvalue weighted by molar-refractivity contribution is 7.13. The third-order valence-electron chi connectivity index (χ3n) is 3.57. The summed E-state index contributed by atoms with van der Waals surface area (Å²) < 4.78 is 7.33. The lowest BCUT2D eigenvalue weighted by atomic mass is 9.99. The highest BCUT2D eigenvalue weighted by Crippen LogP contribution is 2.30. The number of nitrogens with zero attached hydrogens (tertiary/aromatic N) is 4. The molecule has 0 bridgehead atoms. The van der Waals surface area contributed by atoms with E-state index in [1.54, 1.807) is 11.3 Å². The van der Waals surface area contributed by atoms with Crippen molar-refractivity contribution in [1.29, 1.82) is 0 Å². The number of nitrogens with one attached hydrogen (secondary N) is 1. The maximum atomic E-state index is 5.44. The van der Waals surface area contributed by atoms with E-state index in [1.165, 1.54) is 5.69 Å². The van der Waals surface area contributed by atoms with Gasteiger partial charge in [-0.2, -0.15) is 10.1 Å². The van der Waals surface area contributed by atoms with Crippen LogP contribution in [0.25, 0.3) is 10.7 Å². The van der Waals surface area contributed by atoms with Gasteiger partial charge in [0.15, 0.2) is 0 Å². The molecule has 1 aliphatic heterocycles. The number of aryl methyl sites for hydroxylation is 1. The van der Waals surface area contributed by atoms with Crippen molar-refractivity contribution in [2.24, 2.45) is 7.05 Å². The van der Waals surface area contributed by atoms with Gasteiger partial charge in [0, 0.05) is 20.0 Å². The Morgan fingerprint density at radius 2 is 2.45 bits per heavy atom. The second-order valence-electron chi connectivity index (χ2n) is 4.84. The zero-order valence-corrected chi connectivity index (χ0v) is 11.7. The van der Waals surface area contributed by atoms with Gasteiger partial charge in [0.1, 0.15) is 0 Å². The lowest BCUT2D eigenvalue weighted by Crippen LogP contribution is -2.22. The van der Waals surface area contributed by atoms with Crippen LogP contribution in [0.2, 0.25) is 0 Å². The van der Waals surface area contributed by atoms with Gasteiger partial charge in [-0.3, -0.25) is 4.68 Å². The Morgan fingerprint density at radius 1 is 1.50 bits per heavy atom. The molecule has 0 aromatic carbocycles. The van der Waals surface area contributed by atoms with Crippen LogP contribution in [0.15, 0.2) is 28.2 Å². The lowest BCUT2D eigenvalue weighted by Gasteiger charge is -2.21. The van der Waals surface area contributed by atoms with E-state index in [4.69, 9.17) is 4.52 Å². The summed E-state index contributed by atoms with van der Waals surface area (Å²) in [6.45, 7) is 0.796. The van der Waals surface area contributed by atoms with Gasteiger partial charge in [0.05, 0.1) is 28.4 Å². The van der Waals surface area contributed by atoms with Crippen LogP contribution in [0.3, 0.4) is 0 Å². The average Bonchev–Trinajstić information content (AvgIpc) is 3.18. The average molecular weight is 287 g/mol. The molecule has 1 aliphatic rings. The third-order valence-corrected chi connectivity index (χ3v) is 4.44. The number of anilines is 1. The molecule has 3 aromatic rings. The molecule has 7 heteroatoms. The Hall–Kier alpha value is -2.15. The molecule has 102 valence electrons. The molecule has 6 nitrogen and oxygen atoms in total.